The fraction of sp³-hybridized carbons (Fsp3) is 0.179. The maximum atomic E-state index is 13.6. The molecule has 1 atom stereocenters. The zero-order valence-electron chi connectivity index (χ0n) is 19.1. The Balaban J connectivity index is 1.90. The summed E-state index contributed by atoms with van der Waals surface area (Å²) in [5.74, 6) is -0.520. The van der Waals surface area contributed by atoms with Crippen LogP contribution in [0.2, 0.25) is 0 Å². The van der Waals surface area contributed by atoms with Crippen LogP contribution in [0, 0.1) is 0 Å². The second kappa shape index (κ2) is 9.75. The number of aldehydes is 1. The first-order valence-corrected chi connectivity index (χ1v) is 11.0. The van der Waals surface area contributed by atoms with Gasteiger partial charge in [0.25, 0.3) is 5.91 Å². The number of hydrogen-bond donors (Lipinski definition) is 0. The highest BCUT2D eigenvalue weighted by Crippen LogP contribution is 2.40. The van der Waals surface area contributed by atoms with Gasteiger partial charge in [-0.2, -0.15) is 0 Å². The second-order valence-corrected chi connectivity index (χ2v) is 7.88. The van der Waals surface area contributed by atoms with Crippen molar-refractivity contribution in [3.05, 3.63) is 107 Å². The van der Waals surface area contributed by atoms with Gasteiger partial charge in [-0.1, -0.05) is 54.6 Å². The van der Waals surface area contributed by atoms with E-state index in [1.54, 1.807) is 55.6 Å². The zero-order chi connectivity index (χ0) is 24.1. The highest BCUT2D eigenvalue weighted by molar-refractivity contribution is 5.99. The first-order chi connectivity index (χ1) is 16.6. The number of carbonyl (C=O) groups excluding carboxylic acids is 3. The summed E-state index contributed by atoms with van der Waals surface area (Å²) in [5, 5.41) is 0. The number of methoxy groups -OCH3 is 1. The van der Waals surface area contributed by atoms with Crippen molar-refractivity contribution in [1.82, 2.24) is 4.90 Å². The second-order valence-electron chi connectivity index (χ2n) is 7.88. The topological polar surface area (TPSA) is 72.9 Å². The number of carbonyl (C=O) groups is 3. The third kappa shape index (κ3) is 3.99. The van der Waals surface area contributed by atoms with Crippen LogP contribution in [0.15, 0.2) is 79.0 Å². The molecule has 1 heterocycles. The van der Waals surface area contributed by atoms with Gasteiger partial charge in [-0.3, -0.25) is 9.69 Å². The highest BCUT2D eigenvalue weighted by atomic mass is 16.5. The summed E-state index contributed by atoms with van der Waals surface area (Å²) in [6.07, 6.45) is 4.29. The van der Waals surface area contributed by atoms with Crippen LogP contribution in [0.3, 0.4) is 0 Å². The highest BCUT2D eigenvalue weighted by Gasteiger charge is 2.45. The summed E-state index contributed by atoms with van der Waals surface area (Å²) in [6.45, 7) is 1.92. The lowest BCUT2D eigenvalue weighted by molar-refractivity contribution is -0.116. The van der Waals surface area contributed by atoms with Crippen LogP contribution < -0.4 is 4.74 Å². The van der Waals surface area contributed by atoms with Crippen molar-refractivity contribution in [3.8, 4) is 5.75 Å². The fourth-order valence-corrected chi connectivity index (χ4v) is 4.38. The molecule has 1 aliphatic heterocycles. The summed E-state index contributed by atoms with van der Waals surface area (Å²) >= 11 is 0. The van der Waals surface area contributed by atoms with Gasteiger partial charge in [0, 0.05) is 18.2 Å². The Bertz CT molecular complexity index is 1250. The van der Waals surface area contributed by atoms with E-state index >= 15 is 0 Å². The van der Waals surface area contributed by atoms with E-state index in [4.69, 9.17) is 9.47 Å². The Morgan fingerprint density at radius 2 is 1.71 bits per heavy atom. The van der Waals surface area contributed by atoms with Crippen LogP contribution in [0.5, 0.6) is 5.75 Å². The molecule has 0 radical (unpaired) electrons. The van der Waals surface area contributed by atoms with Crippen LogP contribution in [-0.4, -0.2) is 36.8 Å². The standard InChI is InChI=1S/C28H25NO5/c1-3-34-27(32)25-22(13-9-15-24(25)33-2)18-28(19-30)23-14-8-7-10-20(23)16-17-29(28)26(31)21-11-5-4-6-12-21/h4-17,19H,3,18H2,1-2H3. The largest absolute Gasteiger partial charge is 0.496 e. The number of rotatable bonds is 7. The Hall–Kier alpha value is -4.19. The maximum Gasteiger partial charge on any atom is 0.342 e. The third-order valence-electron chi connectivity index (χ3n) is 5.97. The summed E-state index contributed by atoms with van der Waals surface area (Å²) in [6, 6.07) is 21.4. The lowest BCUT2D eigenvalue weighted by Gasteiger charge is -2.42. The monoisotopic (exact) mass is 455 g/mol. The number of esters is 1. The average Bonchev–Trinajstić information content (AvgIpc) is 2.88. The molecule has 4 rings (SSSR count). The molecule has 0 aromatic heterocycles. The Morgan fingerprint density at radius 3 is 2.41 bits per heavy atom. The number of amides is 1. The van der Waals surface area contributed by atoms with Crippen molar-refractivity contribution in [2.75, 3.05) is 13.7 Å². The van der Waals surface area contributed by atoms with E-state index in [0.717, 1.165) is 11.8 Å². The van der Waals surface area contributed by atoms with Crippen molar-refractivity contribution < 1.29 is 23.9 Å². The molecule has 6 heteroatoms. The summed E-state index contributed by atoms with van der Waals surface area (Å²) in [7, 11) is 1.47. The minimum absolute atomic E-state index is 0.0573. The minimum atomic E-state index is -1.38. The molecule has 1 unspecified atom stereocenters. The molecule has 1 amide bonds. The van der Waals surface area contributed by atoms with E-state index < -0.39 is 11.5 Å². The predicted octanol–water partition coefficient (Wildman–Crippen LogP) is 4.64. The number of hydrogen-bond acceptors (Lipinski definition) is 5. The molecule has 0 bridgehead atoms. The lowest BCUT2D eigenvalue weighted by atomic mass is 9.78. The molecule has 0 spiro atoms. The average molecular weight is 456 g/mol. The van der Waals surface area contributed by atoms with Crippen LogP contribution in [0.1, 0.15) is 44.3 Å². The van der Waals surface area contributed by atoms with E-state index in [1.165, 1.54) is 12.0 Å². The van der Waals surface area contributed by atoms with Gasteiger partial charge in [-0.15, -0.1) is 0 Å². The first kappa shape index (κ1) is 23.0. The first-order valence-electron chi connectivity index (χ1n) is 11.0. The van der Waals surface area contributed by atoms with Crippen LogP contribution in [0.4, 0.5) is 0 Å². The quantitative estimate of drug-likeness (QED) is 0.384. The van der Waals surface area contributed by atoms with Crippen LogP contribution in [0.25, 0.3) is 6.08 Å². The molecule has 1 aliphatic rings. The molecule has 0 saturated heterocycles. The summed E-state index contributed by atoms with van der Waals surface area (Å²) in [5.41, 5.74) is 1.36. The van der Waals surface area contributed by atoms with Crippen molar-refractivity contribution in [1.29, 1.82) is 0 Å². The van der Waals surface area contributed by atoms with Crippen molar-refractivity contribution in [2.24, 2.45) is 0 Å². The normalized spacial score (nSPS) is 16.5. The van der Waals surface area contributed by atoms with Gasteiger partial charge in [-0.25, -0.2) is 4.79 Å². The fourth-order valence-electron chi connectivity index (χ4n) is 4.38. The zero-order valence-corrected chi connectivity index (χ0v) is 19.1. The van der Waals surface area contributed by atoms with Gasteiger partial charge in [-0.05, 0) is 47.9 Å². The molecule has 6 nitrogen and oxygen atoms in total. The molecule has 0 N–H and O–H groups in total. The maximum absolute atomic E-state index is 13.6. The molecular formula is C28H25NO5. The molecule has 0 fully saturated rings. The molecule has 3 aromatic rings. The van der Waals surface area contributed by atoms with Gasteiger partial charge in [0.05, 0.1) is 13.7 Å². The number of benzene rings is 3. The van der Waals surface area contributed by atoms with Gasteiger partial charge >= 0.3 is 5.97 Å². The van der Waals surface area contributed by atoms with Gasteiger partial charge < -0.3 is 14.3 Å². The molecule has 172 valence electrons. The minimum Gasteiger partial charge on any atom is -0.496 e. The van der Waals surface area contributed by atoms with E-state index in [1.807, 2.05) is 36.4 Å². The van der Waals surface area contributed by atoms with Crippen molar-refractivity contribution in [3.63, 3.8) is 0 Å². The molecular weight excluding hydrogens is 430 g/mol. The Labute approximate surface area is 198 Å². The van der Waals surface area contributed by atoms with Crippen molar-refractivity contribution in [2.45, 2.75) is 18.9 Å². The Kier molecular flexibility index (Phi) is 6.59. The Morgan fingerprint density at radius 1 is 0.971 bits per heavy atom. The number of nitrogens with zero attached hydrogens (tertiary/aromatic N) is 1. The molecule has 0 saturated carbocycles. The van der Waals surface area contributed by atoms with Crippen LogP contribution >= 0.6 is 0 Å². The summed E-state index contributed by atoms with van der Waals surface area (Å²) in [4.78, 5) is 40.9. The van der Waals surface area contributed by atoms with E-state index in [9.17, 15) is 14.4 Å². The number of ether oxygens (including phenoxy) is 2. The van der Waals surface area contributed by atoms with Crippen LogP contribution in [-0.2, 0) is 21.5 Å². The van der Waals surface area contributed by atoms with E-state index in [2.05, 4.69) is 0 Å². The van der Waals surface area contributed by atoms with Gasteiger partial charge in [0.2, 0.25) is 0 Å². The molecule has 34 heavy (non-hydrogen) atoms. The van der Waals surface area contributed by atoms with E-state index in [0.29, 0.717) is 22.4 Å². The SMILES string of the molecule is CCOC(=O)c1c(CC2(C=O)c3ccccc3C=CN2C(=O)c2ccccc2)cccc1OC. The lowest BCUT2D eigenvalue weighted by Crippen LogP contribution is -2.51. The van der Waals surface area contributed by atoms with Gasteiger partial charge in [0.1, 0.15) is 16.9 Å². The smallest absolute Gasteiger partial charge is 0.342 e. The van der Waals surface area contributed by atoms with Gasteiger partial charge in [0.15, 0.2) is 6.29 Å². The molecule has 3 aromatic carbocycles. The summed E-state index contributed by atoms with van der Waals surface area (Å²) < 4.78 is 10.7. The predicted molar refractivity (Wildman–Crippen MR) is 128 cm³/mol. The van der Waals surface area contributed by atoms with Crippen molar-refractivity contribution >= 4 is 24.2 Å². The number of fused-ring (bicyclic) bond motifs is 1. The van der Waals surface area contributed by atoms with E-state index in [-0.39, 0.29) is 24.5 Å². The molecule has 0 aliphatic carbocycles. The third-order valence-corrected chi connectivity index (χ3v) is 5.97.